The minimum absolute atomic E-state index is 0.187. The van der Waals surface area contributed by atoms with E-state index >= 15 is 0 Å². The van der Waals surface area contributed by atoms with Crippen LogP contribution < -0.4 is 25.3 Å². The monoisotopic (exact) mass is 364 g/mol. The van der Waals surface area contributed by atoms with E-state index in [0.717, 1.165) is 0 Å². The lowest BCUT2D eigenvalue weighted by molar-refractivity contribution is -0.120. The molecule has 0 saturated heterocycles. The summed E-state index contributed by atoms with van der Waals surface area (Å²) in [5.41, 5.74) is 5.95. The first-order chi connectivity index (χ1) is 11.9. The number of amides is 2. The van der Waals surface area contributed by atoms with Gasteiger partial charge in [-0.1, -0.05) is 11.6 Å². The van der Waals surface area contributed by atoms with Crippen LogP contribution in [0.25, 0.3) is 0 Å². The lowest BCUT2D eigenvalue weighted by Gasteiger charge is -2.15. The Bertz CT molecular complexity index is 752. The number of carbonyl (C=O) groups excluding carboxylic acids is 2. The second kappa shape index (κ2) is 8.25. The second-order valence-corrected chi connectivity index (χ2v) is 5.36. The first kappa shape index (κ1) is 18.4. The molecule has 0 atom stereocenters. The summed E-state index contributed by atoms with van der Waals surface area (Å²) in [6.07, 6.45) is 0. The zero-order valence-corrected chi connectivity index (χ0v) is 14.4. The van der Waals surface area contributed by atoms with Crippen LogP contribution in [0.5, 0.6) is 17.2 Å². The fourth-order valence-electron chi connectivity index (χ4n) is 2.03. The van der Waals surface area contributed by atoms with E-state index in [1.54, 1.807) is 24.3 Å². The average Bonchev–Trinajstić information content (AvgIpc) is 2.60. The molecule has 0 radical (unpaired) electrons. The molecule has 0 aliphatic carbocycles. The first-order valence-electron chi connectivity index (χ1n) is 7.18. The number of nitrogens with one attached hydrogen (secondary N) is 1. The molecule has 2 amide bonds. The Balaban J connectivity index is 2.29. The van der Waals surface area contributed by atoms with E-state index in [4.69, 9.17) is 31.5 Å². The highest BCUT2D eigenvalue weighted by Crippen LogP contribution is 2.38. The maximum Gasteiger partial charge on any atom is 0.255 e. The second-order valence-electron chi connectivity index (χ2n) is 4.93. The fourth-order valence-corrected chi connectivity index (χ4v) is 2.16. The van der Waals surface area contributed by atoms with Crippen LogP contribution in [0, 0.1) is 0 Å². The van der Waals surface area contributed by atoms with Gasteiger partial charge in [0.25, 0.3) is 11.8 Å². The van der Waals surface area contributed by atoms with Gasteiger partial charge in [-0.2, -0.15) is 0 Å². The van der Waals surface area contributed by atoms with Crippen molar-refractivity contribution in [2.45, 2.75) is 0 Å². The van der Waals surface area contributed by atoms with Gasteiger partial charge in [-0.25, -0.2) is 0 Å². The minimum atomic E-state index is -0.645. The standard InChI is InChI=1S/C17H17ClN2O5/c1-23-13-7-10(8-14(24-2)16(13)25-9-15(19)21)17(22)20-12-5-3-11(18)4-6-12/h3-8H,9H2,1-2H3,(H2,19,21)(H,20,22). The molecule has 0 saturated carbocycles. The average molecular weight is 365 g/mol. The van der Waals surface area contributed by atoms with E-state index in [1.807, 2.05) is 0 Å². The number of carbonyl (C=O) groups is 2. The molecule has 2 rings (SSSR count). The molecule has 25 heavy (non-hydrogen) atoms. The Morgan fingerprint density at radius 2 is 1.64 bits per heavy atom. The van der Waals surface area contributed by atoms with Crippen molar-refractivity contribution in [3.05, 3.63) is 47.0 Å². The number of nitrogens with two attached hydrogens (primary N) is 1. The van der Waals surface area contributed by atoms with Crippen LogP contribution >= 0.6 is 11.6 Å². The van der Waals surface area contributed by atoms with Crippen molar-refractivity contribution in [3.8, 4) is 17.2 Å². The summed E-state index contributed by atoms with van der Waals surface area (Å²) >= 11 is 5.82. The van der Waals surface area contributed by atoms with E-state index in [1.165, 1.54) is 26.4 Å². The highest BCUT2D eigenvalue weighted by Gasteiger charge is 2.18. The minimum Gasteiger partial charge on any atom is -0.493 e. The lowest BCUT2D eigenvalue weighted by atomic mass is 10.1. The fraction of sp³-hybridized carbons (Fsp3) is 0.176. The molecule has 132 valence electrons. The van der Waals surface area contributed by atoms with Gasteiger partial charge in [0.05, 0.1) is 14.2 Å². The SMILES string of the molecule is COc1cc(C(=O)Nc2ccc(Cl)cc2)cc(OC)c1OCC(N)=O. The Labute approximate surface area is 149 Å². The normalized spacial score (nSPS) is 10.0. The highest BCUT2D eigenvalue weighted by molar-refractivity contribution is 6.30. The Morgan fingerprint density at radius 1 is 1.08 bits per heavy atom. The van der Waals surface area contributed by atoms with Crippen molar-refractivity contribution in [1.82, 2.24) is 0 Å². The third-order valence-electron chi connectivity index (χ3n) is 3.18. The summed E-state index contributed by atoms with van der Waals surface area (Å²) in [7, 11) is 2.82. The van der Waals surface area contributed by atoms with Gasteiger partial charge in [-0.3, -0.25) is 9.59 Å². The number of hydrogen-bond donors (Lipinski definition) is 2. The highest BCUT2D eigenvalue weighted by atomic mass is 35.5. The van der Waals surface area contributed by atoms with Crippen LogP contribution in [0.2, 0.25) is 5.02 Å². The molecule has 0 bridgehead atoms. The van der Waals surface area contributed by atoms with E-state index in [9.17, 15) is 9.59 Å². The number of benzene rings is 2. The Hall–Kier alpha value is -2.93. The summed E-state index contributed by atoms with van der Waals surface area (Å²) in [6.45, 7) is -0.344. The molecule has 0 aliphatic heterocycles. The van der Waals surface area contributed by atoms with Gasteiger partial charge in [0.15, 0.2) is 18.1 Å². The van der Waals surface area contributed by atoms with Crippen molar-refractivity contribution >= 4 is 29.1 Å². The van der Waals surface area contributed by atoms with Gasteiger partial charge in [0.2, 0.25) is 5.75 Å². The summed E-state index contributed by atoms with van der Waals surface area (Å²) in [4.78, 5) is 23.4. The smallest absolute Gasteiger partial charge is 0.255 e. The maximum absolute atomic E-state index is 12.4. The summed E-state index contributed by atoms with van der Waals surface area (Å²) in [6, 6.07) is 9.64. The molecule has 0 heterocycles. The van der Waals surface area contributed by atoms with Crippen LogP contribution in [0.15, 0.2) is 36.4 Å². The van der Waals surface area contributed by atoms with Gasteiger partial charge in [-0.05, 0) is 36.4 Å². The van der Waals surface area contributed by atoms with Gasteiger partial charge in [0.1, 0.15) is 0 Å². The van der Waals surface area contributed by atoms with Crippen LogP contribution in [-0.4, -0.2) is 32.6 Å². The van der Waals surface area contributed by atoms with E-state index in [2.05, 4.69) is 5.32 Å². The molecule has 0 fully saturated rings. The zero-order valence-electron chi connectivity index (χ0n) is 13.7. The van der Waals surface area contributed by atoms with E-state index in [0.29, 0.717) is 10.7 Å². The van der Waals surface area contributed by atoms with Crippen LogP contribution in [0.1, 0.15) is 10.4 Å². The summed E-state index contributed by atoms with van der Waals surface area (Å²) < 4.78 is 15.8. The summed E-state index contributed by atoms with van der Waals surface area (Å²) in [5, 5.41) is 3.30. The Kier molecular flexibility index (Phi) is 6.08. The molecule has 3 N–H and O–H groups in total. The largest absolute Gasteiger partial charge is 0.493 e. The number of hydrogen-bond acceptors (Lipinski definition) is 5. The van der Waals surface area contributed by atoms with Gasteiger partial charge >= 0.3 is 0 Å². The van der Waals surface area contributed by atoms with E-state index < -0.39 is 5.91 Å². The van der Waals surface area contributed by atoms with Crippen LogP contribution in [0.3, 0.4) is 0 Å². The molecule has 2 aromatic rings. The van der Waals surface area contributed by atoms with Gasteiger partial charge in [0, 0.05) is 16.3 Å². The third kappa shape index (κ3) is 4.77. The van der Waals surface area contributed by atoms with Crippen molar-refractivity contribution in [2.24, 2.45) is 5.73 Å². The molecular weight excluding hydrogens is 348 g/mol. The van der Waals surface area contributed by atoms with Gasteiger partial charge in [-0.15, -0.1) is 0 Å². The molecule has 0 aromatic heterocycles. The number of halogens is 1. The molecule has 0 spiro atoms. The van der Waals surface area contributed by atoms with Crippen molar-refractivity contribution in [2.75, 3.05) is 26.1 Å². The zero-order chi connectivity index (χ0) is 18.4. The summed E-state index contributed by atoms with van der Waals surface area (Å²) in [5.74, 6) is -0.357. The molecular formula is C17H17ClN2O5. The first-order valence-corrected chi connectivity index (χ1v) is 7.56. The van der Waals surface area contributed by atoms with Crippen molar-refractivity contribution in [1.29, 1.82) is 0 Å². The quantitative estimate of drug-likeness (QED) is 0.786. The molecule has 7 nitrogen and oxygen atoms in total. The van der Waals surface area contributed by atoms with Gasteiger partial charge < -0.3 is 25.3 Å². The van der Waals surface area contributed by atoms with Crippen molar-refractivity contribution < 1.29 is 23.8 Å². The number of rotatable bonds is 7. The topological polar surface area (TPSA) is 99.9 Å². The number of primary amides is 1. The molecule has 8 heteroatoms. The number of methoxy groups -OCH3 is 2. The molecule has 0 unspecified atom stereocenters. The number of anilines is 1. The van der Waals surface area contributed by atoms with Crippen molar-refractivity contribution in [3.63, 3.8) is 0 Å². The predicted octanol–water partition coefficient (Wildman–Crippen LogP) is 2.47. The van der Waals surface area contributed by atoms with Crippen LogP contribution in [0.4, 0.5) is 5.69 Å². The molecule has 2 aromatic carbocycles. The Morgan fingerprint density at radius 3 is 2.12 bits per heavy atom. The predicted molar refractivity (Wildman–Crippen MR) is 93.6 cm³/mol. The third-order valence-corrected chi connectivity index (χ3v) is 3.44. The maximum atomic E-state index is 12.4. The molecule has 0 aliphatic rings. The number of ether oxygens (including phenoxy) is 3. The van der Waals surface area contributed by atoms with E-state index in [-0.39, 0.29) is 35.3 Å². The van der Waals surface area contributed by atoms with Crippen LogP contribution in [-0.2, 0) is 4.79 Å². The lowest BCUT2D eigenvalue weighted by Crippen LogP contribution is -2.20.